The molecule has 0 saturated carbocycles. The molecule has 27 heavy (non-hydrogen) atoms. The minimum Gasteiger partial charge on any atom is -0.456 e. The summed E-state index contributed by atoms with van der Waals surface area (Å²) in [6, 6.07) is 25.0. The fourth-order valence-corrected chi connectivity index (χ4v) is 4.36. The maximum absolute atomic E-state index is 6.10. The van der Waals surface area contributed by atoms with Gasteiger partial charge < -0.3 is 9.40 Å². The van der Waals surface area contributed by atoms with E-state index in [1.807, 2.05) is 30.3 Å². The second-order valence-electron chi connectivity index (χ2n) is 6.64. The number of hydrogen-bond donors (Lipinski definition) is 1. The highest BCUT2D eigenvalue weighted by molar-refractivity contribution is 7.17. The highest BCUT2D eigenvalue weighted by Gasteiger charge is 2.10. The lowest BCUT2D eigenvalue weighted by Gasteiger charge is -1.96. The third kappa shape index (κ3) is 2.38. The van der Waals surface area contributed by atoms with Gasteiger partial charge in [0.15, 0.2) is 0 Å². The first kappa shape index (κ1) is 14.8. The van der Waals surface area contributed by atoms with Crippen LogP contribution in [0.15, 0.2) is 82.6 Å². The number of thiophene rings is 1. The molecule has 3 heterocycles. The second-order valence-corrected chi connectivity index (χ2v) is 7.59. The van der Waals surface area contributed by atoms with E-state index in [2.05, 4.69) is 52.8 Å². The quantitative estimate of drug-likeness (QED) is 0.364. The molecule has 0 aliphatic carbocycles. The van der Waals surface area contributed by atoms with Crippen LogP contribution in [-0.4, -0.2) is 9.97 Å². The fraction of sp³-hybridized carbons (Fsp3) is 0. The summed E-state index contributed by atoms with van der Waals surface area (Å²) in [5.41, 5.74) is 5.07. The predicted molar refractivity (Wildman–Crippen MR) is 112 cm³/mol. The van der Waals surface area contributed by atoms with Crippen LogP contribution in [0.1, 0.15) is 0 Å². The third-order valence-corrected chi connectivity index (χ3v) is 5.80. The minimum atomic E-state index is 0.876. The molecule has 128 valence electrons. The summed E-state index contributed by atoms with van der Waals surface area (Å²) >= 11 is 1.75. The zero-order chi connectivity index (χ0) is 17.8. The number of H-pyrrole nitrogens is 1. The number of rotatable bonds is 2. The van der Waals surface area contributed by atoms with Crippen molar-refractivity contribution < 1.29 is 4.42 Å². The molecule has 6 rings (SSSR count). The van der Waals surface area contributed by atoms with Crippen molar-refractivity contribution in [3.63, 3.8) is 0 Å². The predicted octanol–water partition coefficient (Wildman–Crippen LogP) is 6.86. The maximum atomic E-state index is 6.10. The Bertz CT molecular complexity index is 1400. The van der Waals surface area contributed by atoms with Gasteiger partial charge in [-0.05, 0) is 59.3 Å². The van der Waals surface area contributed by atoms with Gasteiger partial charge in [-0.2, -0.15) is 0 Å². The van der Waals surface area contributed by atoms with Crippen molar-refractivity contribution in [3.05, 3.63) is 78.2 Å². The molecule has 3 nitrogen and oxygen atoms in total. The van der Waals surface area contributed by atoms with E-state index in [4.69, 9.17) is 9.40 Å². The number of furan rings is 1. The fourth-order valence-electron chi connectivity index (χ4n) is 3.53. The number of para-hydroxylation sites is 2. The molecular weight excluding hydrogens is 352 g/mol. The van der Waals surface area contributed by atoms with Crippen molar-refractivity contribution in [2.45, 2.75) is 0 Å². The number of imidazole rings is 1. The summed E-state index contributed by atoms with van der Waals surface area (Å²) in [7, 11) is 0. The van der Waals surface area contributed by atoms with E-state index >= 15 is 0 Å². The number of fused-ring (bicyclic) bond motifs is 3. The van der Waals surface area contributed by atoms with Crippen molar-refractivity contribution in [3.8, 4) is 22.7 Å². The lowest BCUT2D eigenvalue weighted by molar-refractivity contribution is 0.632. The third-order valence-electron chi connectivity index (χ3n) is 4.92. The van der Waals surface area contributed by atoms with Crippen molar-refractivity contribution in [2.75, 3.05) is 0 Å². The van der Waals surface area contributed by atoms with Crippen LogP contribution in [0.5, 0.6) is 0 Å². The number of nitrogens with one attached hydrogen (secondary N) is 1. The van der Waals surface area contributed by atoms with Crippen molar-refractivity contribution in [1.29, 1.82) is 0 Å². The Labute approximate surface area is 158 Å². The van der Waals surface area contributed by atoms with Gasteiger partial charge in [-0.25, -0.2) is 4.98 Å². The number of aromatic nitrogens is 2. The largest absolute Gasteiger partial charge is 0.456 e. The molecule has 0 unspecified atom stereocenters. The van der Waals surface area contributed by atoms with Gasteiger partial charge in [-0.15, -0.1) is 11.3 Å². The molecule has 6 aromatic rings. The molecule has 0 atom stereocenters. The number of nitrogens with zero attached hydrogens (tertiary/aromatic N) is 1. The minimum absolute atomic E-state index is 0.876. The first-order chi connectivity index (χ1) is 13.3. The van der Waals surface area contributed by atoms with E-state index in [1.54, 1.807) is 11.3 Å². The van der Waals surface area contributed by atoms with Gasteiger partial charge in [0.25, 0.3) is 0 Å². The molecule has 0 bridgehead atoms. The number of aromatic amines is 1. The van der Waals surface area contributed by atoms with Gasteiger partial charge in [-0.3, -0.25) is 0 Å². The lowest BCUT2D eigenvalue weighted by Crippen LogP contribution is -1.79. The van der Waals surface area contributed by atoms with Crippen LogP contribution in [0.25, 0.3) is 54.8 Å². The van der Waals surface area contributed by atoms with E-state index < -0.39 is 0 Å². The molecule has 0 saturated heterocycles. The summed E-state index contributed by atoms with van der Waals surface area (Å²) in [4.78, 5) is 8.09. The topological polar surface area (TPSA) is 41.8 Å². The molecule has 3 aromatic heterocycles. The van der Waals surface area contributed by atoms with Gasteiger partial charge in [0.2, 0.25) is 0 Å². The number of benzene rings is 3. The van der Waals surface area contributed by atoms with Crippen molar-refractivity contribution in [2.24, 2.45) is 0 Å². The van der Waals surface area contributed by atoms with E-state index in [-0.39, 0.29) is 0 Å². The van der Waals surface area contributed by atoms with Crippen LogP contribution in [0, 0.1) is 0 Å². The van der Waals surface area contributed by atoms with E-state index in [9.17, 15) is 0 Å². The highest BCUT2D eigenvalue weighted by atomic mass is 32.1. The maximum Gasteiger partial charge on any atom is 0.138 e. The Morgan fingerprint density at radius 1 is 0.815 bits per heavy atom. The van der Waals surface area contributed by atoms with Gasteiger partial charge in [0, 0.05) is 21.2 Å². The summed E-state index contributed by atoms with van der Waals surface area (Å²) < 4.78 is 7.38. The van der Waals surface area contributed by atoms with Crippen LogP contribution in [0.3, 0.4) is 0 Å². The van der Waals surface area contributed by atoms with Gasteiger partial charge in [0.1, 0.15) is 17.2 Å². The zero-order valence-corrected chi connectivity index (χ0v) is 15.1. The second kappa shape index (κ2) is 5.56. The van der Waals surface area contributed by atoms with E-state index in [0.29, 0.717) is 0 Å². The SMILES string of the molecule is c1ccc2[nH]c(-c3ccc4oc(-c5ccc6ccsc6c5)cc4c3)nc2c1. The Morgan fingerprint density at radius 3 is 2.70 bits per heavy atom. The van der Waals surface area contributed by atoms with Crippen LogP contribution in [0.2, 0.25) is 0 Å². The normalized spacial score (nSPS) is 11.7. The molecule has 0 aliphatic heterocycles. The Hall–Kier alpha value is -3.37. The summed E-state index contributed by atoms with van der Waals surface area (Å²) in [5, 5.41) is 4.47. The Morgan fingerprint density at radius 2 is 1.74 bits per heavy atom. The van der Waals surface area contributed by atoms with Gasteiger partial charge in [-0.1, -0.05) is 24.3 Å². The molecule has 4 heteroatoms. The molecule has 1 N–H and O–H groups in total. The summed E-state index contributed by atoms with van der Waals surface area (Å²) in [6.45, 7) is 0. The van der Waals surface area contributed by atoms with Crippen LogP contribution in [0.4, 0.5) is 0 Å². The molecule has 0 aliphatic rings. The molecule has 3 aromatic carbocycles. The first-order valence-corrected chi connectivity index (χ1v) is 9.68. The molecule has 0 spiro atoms. The molecular formula is C23H14N2OS. The molecule has 0 radical (unpaired) electrons. The standard InChI is InChI=1S/C23H14N2OS/c1-2-4-19-18(3-1)24-23(25-19)16-7-8-20-17(11-16)12-21(26-20)15-6-5-14-9-10-27-22(14)13-15/h1-13H,(H,24,25). The van der Waals surface area contributed by atoms with E-state index in [1.165, 1.54) is 10.1 Å². The molecule has 0 amide bonds. The van der Waals surface area contributed by atoms with Crippen molar-refractivity contribution in [1.82, 2.24) is 9.97 Å². The van der Waals surface area contributed by atoms with E-state index in [0.717, 1.165) is 44.7 Å². The summed E-state index contributed by atoms with van der Waals surface area (Å²) in [6.07, 6.45) is 0. The first-order valence-electron chi connectivity index (χ1n) is 8.80. The Balaban J connectivity index is 1.46. The monoisotopic (exact) mass is 366 g/mol. The summed E-state index contributed by atoms with van der Waals surface area (Å²) in [5.74, 6) is 1.77. The average molecular weight is 366 g/mol. The van der Waals surface area contributed by atoms with Crippen LogP contribution in [-0.2, 0) is 0 Å². The zero-order valence-electron chi connectivity index (χ0n) is 14.3. The van der Waals surface area contributed by atoms with Crippen LogP contribution < -0.4 is 0 Å². The highest BCUT2D eigenvalue weighted by Crippen LogP contribution is 2.33. The van der Waals surface area contributed by atoms with Gasteiger partial charge >= 0.3 is 0 Å². The number of hydrogen-bond acceptors (Lipinski definition) is 3. The average Bonchev–Trinajstić information content (AvgIpc) is 3.42. The van der Waals surface area contributed by atoms with Crippen LogP contribution >= 0.6 is 11.3 Å². The Kier molecular flexibility index (Phi) is 3.04. The molecule has 0 fully saturated rings. The lowest BCUT2D eigenvalue weighted by atomic mass is 10.1. The smallest absolute Gasteiger partial charge is 0.138 e. The van der Waals surface area contributed by atoms with Crippen molar-refractivity contribution >= 4 is 43.4 Å². The van der Waals surface area contributed by atoms with Gasteiger partial charge in [0.05, 0.1) is 11.0 Å².